The monoisotopic (exact) mass is 368 g/mol. The Morgan fingerprint density at radius 1 is 1.00 bits per heavy atom. The Morgan fingerprint density at radius 3 is 2.20 bits per heavy atom. The van der Waals surface area contributed by atoms with Gasteiger partial charge in [0.05, 0.1) is 17.8 Å². The van der Waals surface area contributed by atoms with Gasteiger partial charge in [-0.2, -0.15) is 26.3 Å². The van der Waals surface area contributed by atoms with Crippen molar-refractivity contribution in [3.8, 4) is 5.75 Å². The van der Waals surface area contributed by atoms with E-state index in [1.165, 1.54) is 0 Å². The number of nitrogens with two attached hydrogens (primary N) is 1. The lowest BCUT2D eigenvalue weighted by atomic mass is 10.0. The van der Waals surface area contributed by atoms with Gasteiger partial charge in [0.15, 0.2) is 0 Å². The second-order valence-electron chi connectivity index (χ2n) is 5.03. The Morgan fingerprint density at radius 2 is 1.68 bits per heavy atom. The predicted molar refractivity (Wildman–Crippen MR) is 73.1 cm³/mol. The number of alkyl halides is 6. The normalized spacial score (nSPS) is 13.6. The van der Waals surface area contributed by atoms with Crippen molar-refractivity contribution in [2.75, 3.05) is 6.61 Å². The van der Waals surface area contributed by atoms with E-state index in [4.69, 9.17) is 10.5 Å². The second-order valence-corrected chi connectivity index (χ2v) is 5.03. The predicted octanol–water partition coefficient (Wildman–Crippen LogP) is 4.34. The summed E-state index contributed by atoms with van der Waals surface area (Å²) in [7, 11) is 0. The summed E-state index contributed by atoms with van der Waals surface area (Å²) in [5, 5.41) is 0. The maximum absolute atomic E-state index is 13.2. The largest absolute Gasteiger partial charge is 0.490 e. The quantitative estimate of drug-likeness (QED) is 0.817. The van der Waals surface area contributed by atoms with E-state index in [1.54, 1.807) is 0 Å². The zero-order valence-electron chi connectivity index (χ0n) is 12.3. The fourth-order valence-electron chi connectivity index (χ4n) is 1.91. The molecular weight excluding hydrogens is 357 g/mol. The van der Waals surface area contributed by atoms with E-state index in [-0.39, 0.29) is 17.9 Å². The SMILES string of the molecule is N[C@@H](COc1ccc(C(F)(F)F)nc1)c1ccc(F)c(C(F)(F)F)c1. The van der Waals surface area contributed by atoms with E-state index in [2.05, 4.69) is 4.98 Å². The smallest absolute Gasteiger partial charge is 0.433 e. The third-order valence-corrected chi connectivity index (χ3v) is 3.18. The van der Waals surface area contributed by atoms with Gasteiger partial charge < -0.3 is 10.5 Å². The minimum atomic E-state index is -4.88. The molecule has 0 fully saturated rings. The van der Waals surface area contributed by atoms with Gasteiger partial charge in [-0.15, -0.1) is 0 Å². The summed E-state index contributed by atoms with van der Waals surface area (Å²) >= 11 is 0. The molecule has 0 aliphatic heterocycles. The Hall–Kier alpha value is -2.36. The first-order valence-corrected chi connectivity index (χ1v) is 6.77. The van der Waals surface area contributed by atoms with E-state index in [0.717, 1.165) is 18.3 Å². The molecule has 0 saturated carbocycles. The maximum atomic E-state index is 13.2. The van der Waals surface area contributed by atoms with Crippen LogP contribution in [0.1, 0.15) is 22.9 Å². The maximum Gasteiger partial charge on any atom is 0.433 e. The van der Waals surface area contributed by atoms with Crippen LogP contribution in [0.5, 0.6) is 5.75 Å². The number of nitrogens with zero attached hydrogens (tertiary/aromatic N) is 1. The summed E-state index contributed by atoms with van der Waals surface area (Å²) in [6, 6.07) is 2.92. The van der Waals surface area contributed by atoms with Crippen LogP contribution in [0.3, 0.4) is 0 Å². The lowest BCUT2D eigenvalue weighted by Gasteiger charge is -2.16. The standard InChI is InChI=1S/C15H11F7N2O/c16-11-3-1-8(5-10(11)14(17,18)19)12(23)7-25-9-2-4-13(24-6-9)15(20,21)22/h1-6,12H,7,23H2/t12-/m0/s1. The third-order valence-electron chi connectivity index (χ3n) is 3.18. The molecule has 0 unspecified atom stereocenters. The lowest BCUT2D eigenvalue weighted by molar-refractivity contribution is -0.141. The fraction of sp³-hybridized carbons (Fsp3) is 0.267. The molecule has 136 valence electrons. The zero-order chi connectivity index (χ0) is 18.8. The van der Waals surface area contributed by atoms with Gasteiger partial charge in [0.1, 0.15) is 23.9 Å². The molecule has 2 rings (SSSR count). The molecule has 0 amide bonds. The molecule has 0 saturated heterocycles. The summed E-state index contributed by atoms with van der Waals surface area (Å²) in [6.07, 6.45) is -8.66. The molecule has 0 aliphatic carbocycles. The topological polar surface area (TPSA) is 48.1 Å². The molecule has 1 atom stereocenters. The first-order valence-electron chi connectivity index (χ1n) is 6.77. The molecule has 1 aromatic carbocycles. The third kappa shape index (κ3) is 4.81. The van der Waals surface area contributed by atoms with Crippen molar-refractivity contribution in [1.29, 1.82) is 0 Å². The van der Waals surface area contributed by atoms with Gasteiger partial charge in [0.2, 0.25) is 0 Å². The molecule has 2 aromatic rings. The Bertz CT molecular complexity index is 726. The van der Waals surface area contributed by atoms with E-state index in [1.807, 2.05) is 0 Å². The Balaban J connectivity index is 2.07. The molecule has 10 heteroatoms. The summed E-state index contributed by atoms with van der Waals surface area (Å²) in [4.78, 5) is 3.17. The van der Waals surface area contributed by atoms with Crippen LogP contribution in [0.25, 0.3) is 0 Å². The van der Waals surface area contributed by atoms with Gasteiger partial charge in [-0.25, -0.2) is 9.37 Å². The van der Waals surface area contributed by atoms with Gasteiger partial charge in [-0.3, -0.25) is 0 Å². The van der Waals surface area contributed by atoms with E-state index >= 15 is 0 Å². The van der Waals surface area contributed by atoms with Crippen molar-refractivity contribution in [2.45, 2.75) is 18.4 Å². The van der Waals surface area contributed by atoms with Crippen LogP contribution in [0.4, 0.5) is 30.7 Å². The zero-order valence-corrected chi connectivity index (χ0v) is 12.3. The second kappa shape index (κ2) is 6.87. The average Bonchev–Trinajstić information content (AvgIpc) is 2.51. The fourth-order valence-corrected chi connectivity index (χ4v) is 1.91. The number of pyridine rings is 1. The van der Waals surface area contributed by atoms with Crippen molar-refractivity contribution in [3.63, 3.8) is 0 Å². The Kier molecular flexibility index (Phi) is 5.21. The molecule has 0 spiro atoms. The highest BCUT2D eigenvalue weighted by molar-refractivity contribution is 5.29. The highest BCUT2D eigenvalue weighted by Crippen LogP contribution is 2.33. The number of hydrogen-bond donors (Lipinski definition) is 1. The van der Waals surface area contributed by atoms with Crippen LogP contribution < -0.4 is 10.5 Å². The molecule has 3 nitrogen and oxygen atoms in total. The van der Waals surface area contributed by atoms with E-state index < -0.39 is 35.5 Å². The number of hydrogen-bond acceptors (Lipinski definition) is 3. The molecule has 0 radical (unpaired) electrons. The van der Waals surface area contributed by atoms with Gasteiger partial charge >= 0.3 is 12.4 Å². The molecule has 25 heavy (non-hydrogen) atoms. The summed E-state index contributed by atoms with van der Waals surface area (Å²) in [5.41, 5.74) is 3.08. The Labute approximate surface area is 137 Å². The van der Waals surface area contributed by atoms with Crippen LogP contribution in [0.2, 0.25) is 0 Å². The summed E-state index contributed by atoms with van der Waals surface area (Å²) < 4.78 is 93.5. The molecule has 2 N–H and O–H groups in total. The van der Waals surface area contributed by atoms with E-state index in [0.29, 0.717) is 18.2 Å². The van der Waals surface area contributed by atoms with Gasteiger partial charge in [0, 0.05) is 0 Å². The summed E-state index contributed by atoms with van der Waals surface area (Å²) in [5.74, 6) is -1.47. The lowest BCUT2D eigenvalue weighted by Crippen LogP contribution is -2.20. The number of ether oxygens (including phenoxy) is 1. The van der Waals surface area contributed by atoms with Crippen LogP contribution >= 0.6 is 0 Å². The van der Waals surface area contributed by atoms with Gasteiger partial charge in [-0.05, 0) is 29.8 Å². The number of aromatic nitrogens is 1. The van der Waals surface area contributed by atoms with Crippen molar-refractivity contribution in [2.24, 2.45) is 5.73 Å². The van der Waals surface area contributed by atoms with Crippen molar-refractivity contribution >= 4 is 0 Å². The first-order chi connectivity index (χ1) is 11.5. The average molecular weight is 368 g/mol. The van der Waals surface area contributed by atoms with Crippen molar-refractivity contribution in [3.05, 3.63) is 59.2 Å². The highest BCUT2D eigenvalue weighted by Gasteiger charge is 2.34. The van der Waals surface area contributed by atoms with Gasteiger partial charge in [-0.1, -0.05) is 6.07 Å². The van der Waals surface area contributed by atoms with Gasteiger partial charge in [0.25, 0.3) is 0 Å². The van der Waals surface area contributed by atoms with Crippen LogP contribution in [0.15, 0.2) is 36.5 Å². The van der Waals surface area contributed by atoms with Crippen LogP contribution in [0, 0.1) is 5.82 Å². The number of rotatable bonds is 4. The summed E-state index contributed by atoms with van der Waals surface area (Å²) in [6.45, 7) is -0.337. The molecule has 0 aliphatic rings. The first kappa shape index (κ1) is 19.0. The van der Waals surface area contributed by atoms with Crippen molar-refractivity contribution < 1.29 is 35.5 Å². The van der Waals surface area contributed by atoms with Crippen molar-refractivity contribution in [1.82, 2.24) is 4.98 Å². The molecule has 1 aromatic heterocycles. The van der Waals surface area contributed by atoms with Crippen LogP contribution in [-0.2, 0) is 12.4 Å². The molecule has 0 bridgehead atoms. The number of benzene rings is 1. The number of halogens is 7. The molecule has 1 heterocycles. The van der Waals surface area contributed by atoms with E-state index in [9.17, 15) is 30.7 Å². The minimum absolute atomic E-state index is 0.0337. The minimum Gasteiger partial charge on any atom is -0.490 e. The van der Waals surface area contributed by atoms with Crippen LogP contribution in [-0.4, -0.2) is 11.6 Å². The highest BCUT2D eigenvalue weighted by atomic mass is 19.4. The molecular formula is C15H11F7N2O.